The molecule has 0 atom stereocenters. The van der Waals surface area contributed by atoms with E-state index in [4.69, 9.17) is 13.9 Å². The van der Waals surface area contributed by atoms with Gasteiger partial charge in [0.05, 0.1) is 34.4 Å². The van der Waals surface area contributed by atoms with Gasteiger partial charge in [0.15, 0.2) is 0 Å². The highest BCUT2D eigenvalue weighted by Gasteiger charge is 2.38. The summed E-state index contributed by atoms with van der Waals surface area (Å²) >= 11 is 0. The SMILES string of the molecule is CCCC(C)(C)C1=CC(=CC2=C(OC)C(=Cc3cc(C(C)(C)CCC)[o+]c4c3ccc3ccccc34)C2=O)c2ccc3ccccc3c2O1. The Morgan fingerprint density at radius 1 is 0.776 bits per heavy atom. The fourth-order valence-electron chi connectivity index (χ4n) is 7.51. The van der Waals surface area contributed by atoms with E-state index < -0.39 is 0 Å². The first-order chi connectivity index (χ1) is 23.6. The Hall–Kier alpha value is -4.96. The topological polar surface area (TPSA) is 46.8 Å². The van der Waals surface area contributed by atoms with Crippen molar-refractivity contribution in [2.75, 3.05) is 7.11 Å². The molecule has 7 rings (SSSR count). The molecule has 0 bridgehead atoms. The second-order valence-electron chi connectivity index (χ2n) is 14.7. The van der Waals surface area contributed by atoms with Crippen molar-refractivity contribution < 1.29 is 18.7 Å². The second kappa shape index (κ2) is 12.5. The van der Waals surface area contributed by atoms with E-state index in [1.54, 1.807) is 7.11 Å². The number of hydrogen-bond acceptors (Lipinski definition) is 3. The standard InChI is InChI=1S/C45H45O4/c1-8-22-44(3,4)38-26-30(34-20-18-28-14-10-12-16-32(28)42(34)48-38)24-36-40(46)37(41(36)47-7)25-31-27-39(45(5,6)23-9-2)49-43-33-17-13-11-15-29(33)19-21-35(31)43/h10-21,24-27H,8-9,22-23H2,1-7H3/q+1. The summed E-state index contributed by atoms with van der Waals surface area (Å²) in [5.74, 6) is 3.20. The van der Waals surface area contributed by atoms with Crippen LogP contribution in [-0.2, 0) is 14.9 Å². The maximum Gasteiger partial charge on any atom is 0.368 e. The van der Waals surface area contributed by atoms with E-state index >= 15 is 0 Å². The van der Waals surface area contributed by atoms with E-state index in [9.17, 15) is 4.79 Å². The van der Waals surface area contributed by atoms with Crippen LogP contribution < -0.4 is 4.74 Å². The van der Waals surface area contributed by atoms with Crippen LogP contribution in [-0.4, -0.2) is 12.9 Å². The molecule has 5 aromatic rings. The van der Waals surface area contributed by atoms with Gasteiger partial charge in [-0.3, -0.25) is 4.79 Å². The number of hydrogen-bond donors (Lipinski definition) is 0. The smallest absolute Gasteiger partial charge is 0.368 e. The highest BCUT2D eigenvalue weighted by atomic mass is 16.5. The molecule has 49 heavy (non-hydrogen) atoms. The lowest BCUT2D eigenvalue weighted by molar-refractivity contribution is -0.113. The van der Waals surface area contributed by atoms with Gasteiger partial charge < -0.3 is 9.47 Å². The number of benzene rings is 4. The fraction of sp³-hybridized carbons (Fsp3) is 0.289. The van der Waals surface area contributed by atoms with Gasteiger partial charge in [0.1, 0.15) is 17.3 Å². The van der Waals surface area contributed by atoms with Gasteiger partial charge in [-0.05, 0) is 79.5 Å². The number of fused-ring (bicyclic) bond motifs is 6. The number of ether oxygens (including phenoxy) is 2. The Morgan fingerprint density at radius 2 is 1.43 bits per heavy atom. The molecule has 4 aromatic carbocycles. The summed E-state index contributed by atoms with van der Waals surface area (Å²) in [6.07, 6.45) is 10.1. The third kappa shape index (κ3) is 5.67. The quantitative estimate of drug-likeness (QED) is 0.0905. The molecule has 4 nitrogen and oxygen atoms in total. The Kier molecular flexibility index (Phi) is 8.30. The van der Waals surface area contributed by atoms with Crippen LogP contribution in [0.25, 0.3) is 44.2 Å². The zero-order valence-electron chi connectivity index (χ0n) is 29.7. The second-order valence-corrected chi connectivity index (χ2v) is 14.7. The average Bonchev–Trinajstić information content (AvgIpc) is 3.10. The van der Waals surface area contributed by atoms with Crippen LogP contribution in [0.2, 0.25) is 0 Å². The highest BCUT2D eigenvalue weighted by molar-refractivity contribution is 6.25. The van der Waals surface area contributed by atoms with E-state index in [2.05, 4.69) is 102 Å². The predicted octanol–water partition coefficient (Wildman–Crippen LogP) is 12.2. The van der Waals surface area contributed by atoms with Gasteiger partial charge in [-0.2, -0.15) is 0 Å². The number of Topliss-reactive ketones (excluding diaryl/α,β-unsaturated/α-hetero) is 1. The molecule has 0 fully saturated rings. The number of methoxy groups -OCH3 is 1. The molecule has 4 heteroatoms. The zero-order chi connectivity index (χ0) is 34.5. The number of ketones is 1. The van der Waals surface area contributed by atoms with Crippen LogP contribution in [0.4, 0.5) is 0 Å². The molecule has 1 aromatic heterocycles. The summed E-state index contributed by atoms with van der Waals surface area (Å²) < 4.78 is 19.4. The van der Waals surface area contributed by atoms with Crippen molar-refractivity contribution in [3.05, 3.63) is 131 Å². The minimum Gasteiger partial charge on any atom is -0.495 e. The molecular formula is C45H45O4+. The summed E-state index contributed by atoms with van der Waals surface area (Å²) in [5, 5.41) is 5.32. The van der Waals surface area contributed by atoms with Gasteiger partial charge in [0.25, 0.3) is 0 Å². The lowest BCUT2D eigenvalue weighted by atomic mass is 9.80. The van der Waals surface area contributed by atoms with Gasteiger partial charge in [0, 0.05) is 28.0 Å². The lowest BCUT2D eigenvalue weighted by Gasteiger charge is -2.32. The van der Waals surface area contributed by atoms with Gasteiger partial charge >= 0.3 is 11.3 Å². The molecule has 0 spiro atoms. The van der Waals surface area contributed by atoms with Crippen molar-refractivity contribution >= 4 is 49.9 Å². The molecular weight excluding hydrogens is 604 g/mol. The van der Waals surface area contributed by atoms with Crippen molar-refractivity contribution in [3.8, 4) is 5.75 Å². The molecule has 248 valence electrons. The van der Waals surface area contributed by atoms with Crippen LogP contribution in [0.5, 0.6) is 5.75 Å². The van der Waals surface area contributed by atoms with Crippen molar-refractivity contribution in [1.29, 1.82) is 0 Å². The maximum atomic E-state index is 14.1. The van der Waals surface area contributed by atoms with Crippen molar-refractivity contribution in [3.63, 3.8) is 0 Å². The number of carbonyl (C=O) groups excluding carboxylic acids is 1. The Labute approximate surface area is 289 Å². The summed E-state index contributed by atoms with van der Waals surface area (Å²) in [5.41, 5.74) is 4.47. The van der Waals surface area contributed by atoms with Crippen LogP contribution in [0.15, 0.2) is 118 Å². The largest absolute Gasteiger partial charge is 0.495 e. The minimum absolute atomic E-state index is 0.0370. The molecule has 0 saturated heterocycles. The predicted molar refractivity (Wildman–Crippen MR) is 202 cm³/mol. The van der Waals surface area contributed by atoms with Gasteiger partial charge in [-0.1, -0.05) is 95.1 Å². The summed E-state index contributed by atoms with van der Waals surface area (Å²) in [7, 11) is 1.65. The van der Waals surface area contributed by atoms with Crippen LogP contribution in [0.3, 0.4) is 0 Å². The van der Waals surface area contributed by atoms with Crippen molar-refractivity contribution in [1.82, 2.24) is 0 Å². The fourth-order valence-corrected chi connectivity index (χ4v) is 7.51. The molecule has 1 aliphatic heterocycles. The third-order valence-electron chi connectivity index (χ3n) is 10.2. The van der Waals surface area contributed by atoms with Crippen LogP contribution >= 0.6 is 0 Å². The first kappa shape index (κ1) is 32.6. The highest BCUT2D eigenvalue weighted by Crippen LogP contribution is 2.47. The van der Waals surface area contributed by atoms with E-state index in [-0.39, 0.29) is 16.6 Å². The Morgan fingerprint density at radius 3 is 2.14 bits per heavy atom. The van der Waals surface area contributed by atoms with E-state index in [1.807, 2.05) is 36.4 Å². The first-order valence-corrected chi connectivity index (χ1v) is 17.5. The first-order valence-electron chi connectivity index (χ1n) is 17.5. The van der Waals surface area contributed by atoms with Crippen LogP contribution in [0.1, 0.15) is 84.1 Å². The lowest BCUT2D eigenvalue weighted by Crippen LogP contribution is -2.24. The molecule has 1 aliphatic carbocycles. The Balaban J connectivity index is 1.40. The molecule has 0 saturated carbocycles. The molecule has 2 aliphatic rings. The number of allylic oxidation sites excluding steroid dienone is 6. The van der Waals surface area contributed by atoms with Gasteiger partial charge in [-0.25, -0.2) is 4.42 Å². The van der Waals surface area contributed by atoms with E-state index in [0.717, 1.165) is 92.2 Å². The minimum atomic E-state index is -0.178. The Bertz CT molecular complexity index is 2270. The molecule has 0 radical (unpaired) electrons. The average molecular weight is 650 g/mol. The summed E-state index contributed by atoms with van der Waals surface area (Å²) in [6, 6.07) is 27.1. The van der Waals surface area contributed by atoms with Crippen molar-refractivity contribution in [2.45, 2.75) is 72.6 Å². The molecule has 0 N–H and O–H groups in total. The molecule has 2 heterocycles. The summed E-state index contributed by atoms with van der Waals surface area (Å²) in [4.78, 5) is 14.1. The normalized spacial score (nSPS) is 16.7. The summed E-state index contributed by atoms with van der Waals surface area (Å²) in [6.45, 7) is 13.3. The zero-order valence-corrected chi connectivity index (χ0v) is 29.7. The maximum absolute atomic E-state index is 14.1. The van der Waals surface area contributed by atoms with Crippen molar-refractivity contribution in [2.24, 2.45) is 5.41 Å². The van der Waals surface area contributed by atoms with Gasteiger partial charge in [0.2, 0.25) is 5.78 Å². The van der Waals surface area contributed by atoms with E-state index in [0.29, 0.717) is 16.9 Å². The van der Waals surface area contributed by atoms with E-state index in [1.165, 1.54) is 0 Å². The van der Waals surface area contributed by atoms with Crippen LogP contribution in [0, 0.1) is 5.41 Å². The molecule has 0 unspecified atom stereocenters. The molecule has 0 amide bonds. The number of carbonyl (C=O) groups is 1. The number of rotatable bonds is 9. The monoisotopic (exact) mass is 649 g/mol. The van der Waals surface area contributed by atoms with Gasteiger partial charge in [-0.15, -0.1) is 0 Å². The third-order valence-corrected chi connectivity index (χ3v) is 10.2.